The van der Waals surface area contributed by atoms with Crippen LogP contribution < -0.4 is 5.32 Å². The van der Waals surface area contributed by atoms with Gasteiger partial charge in [-0.25, -0.2) is 5.32 Å². The molecule has 0 atom stereocenters. The summed E-state index contributed by atoms with van der Waals surface area (Å²) in [7, 11) is 0. The second-order valence-corrected chi connectivity index (χ2v) is 4.45. The molecule has 2 rings (SSSR count). The van der Waals surface area contributed by atoms with Crippen LogP contribution >= 0.6 is 0 Å². The van der Waals surface area contributed by atoms with Crippen molar-refractivity contribution in [2.45, 2.75) is 57.4 Å². The fourth-order valence-electron chi connectivity index (χ4n) is 2.10. The summed E-state index contributed by atoms with van der Waals surface area (Å²) in [5, 5.41) is 4.70. The smallest absolute Gasteiger partial charge is 0.0247 e. The van der Waals surface area contributed by atoms with Gasteiger partial charge >= 0.3 is 0 Å². The van der Waals surface area contributed by atoms with Gasteiger partial charge in [-0.1, -0.05) is 25.7 Å². The maximum Gasteiger partial charge on any atom is 0.0247 e. The van der Waals surface area contributed by atoms with Crippen LogP contribution in [0.3, 0.4) is 0 Å². The number of hydrogen-bond acceptors (Lipinski definition) is 0. The van der Waals surface area contributed by atoms with Crippen molar-refractivity contribution in [3.63, 3.8) is 0 Å². The van der Waals surface area contributed by atoms with Gasteiger partial charge in [0.05, 0.1) is 0 Å². The van der Waals surface area contributed by atoms with Gasteiger partial charge in [0.2, 0.25) is 0 Å². The van der Waals surface area contributed by atoms with E-state index in [1.165, 1.54) is 57.9 Å². The second-order valence-electron chi connectivity index (χ2n) is 4.45. The van der Waals surface area contributed by atoms with Crippen molar-refractivity contribution in [1.82, 2.24) is 5.32 Å². The van der Waals surface area contributed by atoms with Gasteiger partial charge in [-0.15, -0.1) is 0 Å². The largest absolute Gasteiger partial charge is 0.238 e. The molecule has 2 aliphatic rings. The van der Waals surface area contributed by atoms with Gasteiger partial charge in [0.1, 0.15) is 0 Å². The fraction of sp³-hybridized carbons (Fsp3) is 1.00. The van der Waals surface area contributed by atoms with Crippen molar-refractivity contribution < 1.29 is 0 Å². The molecule has 0 aromatic rings. The molecule has 0 spiro atoms. The molecule has 69 valence electrons. The lowest BCUT2D eigenvalue weighted by Gasteiger charge is -2.12. The maximum atomic E-state index is 4.70. The van der Waals surface area contributed by atoms with Gasteiger partial charge in [0.15, 0.2) is 0 Å². The van der Waals surface area contributed by atoms with Crippen molar-refractivity contribution in [1.29, 1.82) is 0 Å². The minimum Gasteiger partial charge on any atom is -0.238 e. The Morgan fingerprint density at radius 2 is 1.50 bits per heavy atom. The first-order chi connectivity index (χ1) is 5.95. The average Bonchev–Trinajstić information content (AvgIpc) is 2.90. The standard InChI is InChI=1S/C11H20N/c1-2-4-6-10(5-3-1)9-12-11-7-8-11/h10-11H,1-9H2. The van der Waals surface area contributed by atoms with Crippen LogP contribution in [0, 0.1) is 5.92 Å². The minimum absolute atomic E-state index is 0.785. The molecule has 1 radical (unpaired) electrons. The third-order valence-electron chi connectivity index (χ3n) is 3.14. The normalized spacial score (nSPS) is 27.0. The monoisotopic (exact) mass is 166 g/mol. The Kier molecular flexibility index (Phi) is 3.04. The van der Waals surface area contributed by atoms with Crippen molar-refractivity contribution in [2.24, 2.45) is 5.92 Å². The minimum atomic E-state index is 0.785. The molecular formula is C11H20N. The van der Waals surface area contributed by atoms with E-state index in [9.17, 15) is 0 Å². The van der Waals surface area contributed by atoms with Gasteiger partial charge in [0, 0.05) is 12.6 Å². The Morgan fingerprint density at radius 1 is 0.833 bits per heavy atom. The summed E-state index contributed by atoms with van der Waals surface area (Å²) < 4.78 is 0. The zero-order valence-corrected chi connectivity index (χ0v) is 7.97. The fourth-order valence-corrected chi connectivity index (χ4v) is 2.10. The molecule has 0 aromatic heterocycles. The lowest BCUT2D eigenvalue weighted by atomic mass is 10.0. The van der Waals surface area contributed by atoms with Crippen molar-refractivity contribution in [3.8, 4) is 0 Å². The zero-order valence-electron chi connectivity index (χ0n) is 7.97. The van der Waals surface area contributed by atoms with Crippen LogP contribution in [0.25, 0.3) is 0 Å². The Hall–Kier alpha value is -0.0400. The predicted octanol–water partition coefficient (Wildman–Crippen LogP) is 2.72. The van der Waals surface area contributed by atoms with E-state index in [0.29, 0.717) is 0 Å². The summed E-state index contributed by atoms with van der Waals surface area (Å²) in [6.07, 6.45) is 11.5. The average molecular weight is 166 g/mol. The van der Waals surface area contributed by atoms with Crippen LogP contribution in [-0.4, -0.2) is 12.6 Å². The van der Waals surface area contributed by atoms with Crippen LogP contribution in [0.5, 0.6) is 0 Å². The molecule has 1 heteroatoms. The van der Waals surface area contributed by atoms with E-state index in [1.54, 1.807) is 0 Å². The summed E-state index contributed by atoms with van der Waals surface area (Å²) in [6.45, 7) is 1.19. The summed E-state index contributed by atoms with van der Waals surface area (Å²) in [5.41, 5.74) is 0. The molecule has 0 bridgehead atoms. The van der Waals surface area contributed by atoms with E-state index in [4.69, 9.17) is 5.32 Å². The zero-order chi connectivity index (χ0) is 8.23. The van der Waals surface area contributed by atoms with Gasteiger partial charge in [-0.3, -0.25) is 0 Å². The second kappa shape index (κ2) is 4.27. The third-order valence-corrected chi connectivity index (χ3v) is 3.14. The quantitative estimate of drug-likeness (QED) is 0.572. The Morgan fingerprint density at radius 3 is 2.08 bits per heavy atom. The number of nitrogens with zero attached hydrogens (tertiary/aromatic N) is 1. The number of hydrogen-bond donors (Lipinski definition) is 0. The Balaban J connectivity index is 1.62. The highest BCUT2D eigenvalue weighted by Crippen LogP contribution is 2.25. The van der Waals surface area contributed by atoms with E-state index in [-0.39, 0.29) is 0 Å². The first kappa shape index (κ1) is 8.55. The summed E-state index contributed by atoms with van der Waals surface area (Å²) in [5.74, 6) is 0.952. The number of rotatable bonds is 3. The van der Waals surface area contributed by atoms with E-state index in [2.05, 4.69) is 0 Å². The lowest BCUT2D eigenvalue weighted by Crippen LogP contribution is -2.17. The molecular weight excluding hydrogens is 146 g/mol. The Bertz CT molecular complexity index is 121. The van der Waals surface area contributed by atoms with E-state index in [0.717, 1.165) is 12.0 Å². The molecule has 2 fully saturated rings. The summed E-state index contributed by atoms with van der Waals surface area (Å²) >= 11 is 0. The third kappa shape index (κ3) is 2.78. The highest BCUT2D eigenvalue weighted by molar-refractivity contribution is 4.81. The molecule has 0 unspecified atom stereocenters. The molecule has 0 aromatic carbocycles. The van der Waals surface area contributed by atoms with Crippen LogP contribution in [-0.2, 0) is 0 Å². The molecule has 2 saturated carbocycles. The molecule has 12 heavy (non-hydrogen) atoms. The first-order valence-corrected chi connectivity index (χ1v) is 5.62. The van der Waals surface area contributed by atoms with Gasteiger partial charge in [0.25, 0.3) is 0 Å². The molecule has 0 heterocycles. The summed E-state index contributed by atoms with van der Waals surface area (Å²) in [4.78, 5) is 0. The first-order valence-electron chi connectivity index (χ1n) is 5.62. The van der Waals surface area contributed by atoms with Crippen molar-refractivity contribution >= 4 is 0 Å². The van der Waals surface area contributed by atoms with Crippen LogP contribution in [0.15, 0.2) is 0 Å². The van der Waals surface area contributed by atoms with Gasteiger partial charge in [-0.2, -0.15) is 0 Å². The van der Waals surface area contributed by atoms with E-state index >= 15 is 0 Å². The molecule has 2 aliphatic carbocycles. The van der Waals surface area contributed by atoms with Crippen molar-refractivity contribution in [2.75, 3.05) is 6.54 Å². The summed E-state index contributed by atoms with van der Waals surface area (Å²) in [6, 6.07) is 0.785. The van der Waals surface area contributed by atoms with Gasteiger partial charge < -0.3 is 0 Å². The highest BCUT2D eigenvalue weighted by atomic mass is 14.9. The maximum absolute atomic E-state index is 4.70. The molecule has 0 aliphatic heterocycles. The molecule has 0 amide bonds. The Labute approximate surface area is 75.9 Å². The van der Waals surface area contributed by atoms with E-state index in [1.807, 2.05) is 0 Å². The highest BCUT2D eigenvalue weighted by Gasteiger charge is 2.23. The van der Waals surface area contributed by atoms with Gasteiger partial charge in [-0.05, 0) is 31.6 Å². The predicted molar refractivity (Wildman–Crippen MR) is 51.2 cm³/mol. The SMILES string of the molecule is C1CCCC(C[N]C2CC2)CC1. The lowest BCUT2D eigenvalue weighted by molar-refractivity contribution is 0.420. The van der Waals surface area contributed by atoms with Crippen LogP contribution in [0.2, 0.25) is 0 Å². The van der Waals surface area contributed by atoms with Crippen molar-refractivity contribution in [3.05, 3.63) is 0 Å². The molecule has 0 N–H and O–H groups in total. The van der Waals surface area contributed by atoms with Crippen LogP contribution in [0.4, 0.5) is 0 Å². The van der Waals surface area contributed by atoms with Crippen LogP contribution in [0.1, 0.15) is 51.4 Å². The van der Waals surface area contributed by atoms with E-state index < -0.39 is 0 Å². The molecule has 0 saturated heterocycles. The topological polar surface area (TPSA) is 14.1 Å². The molecule has 1 nitrogen and oxygen atoms in total.